The number of nitrogens with one attached hydrogen (secondary N) is 1. The molecule has 6 nitrogen and oxygen atoms in total. The maximum absolute atomic E-state index is 12.6. The maximum Gasteiger partial charge on any atom is 0.240 e. The van der Waals surface area contributed by atoms with Gasteiger partial charge in [-0.15, -0.1) is 0 Å². The molecule has 0 atom stereocenters. The standard InChI is InChI=1S/C20H30N4O2/c1-7-17-21-19(26-23-17)12-24(6)11-18(25)22-20-15(13(2)3)9-8-10-16(20)14(4)5/h8-10,13-14H,7,11-12H2,1-6H3,(H,22,25). The summed E-state index contributed by atoms with van der Waals surface area (Å²) in [4.78, 5) is 18.8. The van der Waals surface area contributed by atoms with E-state index in [1.54, 1.807) is 0 Å². The first kappa shape index (κ1) is 20.1. The molecule has 0 bridgehead atoms. The van der Waals surface area contributed by atoms with Crippen LogP contribution in [0.2, 0.25) is 0 Å². The number of aromatic nitrogens is 2. The Kier molecular flexibility index (Phi) is 6.91. The van der Waals surface area contributed by atoms with E-state index < -0.39 is 0 Å². The number of nitrogens with zero attached hydrogens (tertiary/aromatic N) is 3. The SMILES string of the molecule is CCc1noc(CN(C)CC(=O)Nc2c(C(C)C)cccc2C(C)C)n1. The second-order valence-corrected chi connectivity index (χ2v) is 7.30. The van der Waals surface area contributed by atoms with Crippen LogP contribution in [0, 0.1) is 0 Å². The van der Waals surface area contributed by atoms with Crippen molar-refractivity contribution in [2.24, 2.45) is 0 Å². The molecule has 0 saturated heterocycles. The maximum atomic E-state index is 12.6. The quantitative estimate of drug-likeness (QED) is 0.773. The molecule has 1 amide bonds. The summed E-state index contributed by atoms with van der Waals surface area (Å²) in [6.45, 7) is 11.2. The van der Waals surface area contributed by atoms with E-state index in [1.165, 1.54) is 0 Å². The van der Waals surface area contributed by atoms with Gasteiger partial charge in [0.05, 0.1) is 13.1 Å². The van der Waals surface area contributed by atoms with E-state index in [9.17, 15) is 4.79 Å². The number of para-hydroxylation sites is 1. The van der Waals surface area contributed by atoms with Gasteiger partial charge in [0, 0.05) is 12.1 Å². The molecular formula is C20H30N4O2. The molecule has 1 N–H and O–H groups in total. The Morgan fingerprint density at radius 3 is 2.31 bits per heavy atom. The van der Waals surface area contributed by atoms with E-state index in [0.717, 1.165) is 23.2 Å². The van der Waals surface area contributed by atoms with Crippen LogP contribution in [-0.4, -0.2) is 34.5 Å². The second-order valence-electron chi connectivity index (χ2n) is 7.30. The zero-order valence-corrected chi connectivity index (χ0v) is 16.7. The Morgan fingerprint density at radius 2 is 1.81 bits per heavy atom. The summed E-state index contributed by atoms with van der Waals surface area (Å²) in [5.41, 5.74) is 3.27. The van der Waals surface area contributed by atoms with E-state index in [0.29, 0.717) is 30.1 Å². The van der Waals surface area contributed by atoms with Crippen molar-refractivity contribution in [3.63, 3.8) is 0 Å². The molecule has 0 aliphatic rings. The first-order valence-electron chi connectivity index (χ1n) is 9.24. The van der Waals surface area contributed by atoms with Crippen molar-refractivity contribution in [1.82, 2.24) is 15.0 Å². The van der Waals surface area contributed by atoms with Crippen molar-refractivity contribution in [3.8, 4) is 0 Å². The molecular weight excluding hydrogens is 328 g/mol. The van der Waals surface area contributed by atoms with Crippen LogP contribution in [0.15, 0.2) is 22.7 Å². The summed E-state index contributed by atoms with van der Waals surface area (Å²) in [7, 11) is 1.87. The third-order valence-corrected chi connectivity index (χ3v) is 4.28. The van der Waals surface area contributed by atoms with E-state index in [4.69, 9.17) is 4.52 Å². The Morgan fingerprint density at radius 1 is 1.19 bits per heavy atom. The molecule has 26 heavy (non-hydrogen) atoms. The van der Waals surface area contributed by atoms with Crippen molar-refractivity contribution in [2.45, 2.75) is 59.4 Å². The van der Waals surface area contributed by atoms with E-state index >= 15 is 0 Å². The smallest absolute Gasteiger partial charge is 0.240 e. The number of hydrogen-bond acceptors (Lipinski definition) is 5. The Balaban J connectivity index is 2.07. The Hall–Kier alpha value is -2.21. The molecule has 6 heteroatoms. The number of amides is 1. The van der Waals surface area contributed by atoms with Crippen molar-refractivity contribution >= 4 is 11.6 Å². The number of carbonyl (C=O) groups is 1. The topological polar surface area (TPSA) is 71.3 Å². The van der Waals surface area contributed by atoms with Crippen LogP contribution >= 0.6 is 0 Å². The minimum Gasteiger partial charge on any atom is -0.338 e. The number of likely N-dealkylation sites (N-methyl/N-ethyl adjacent to an activating group) is 1. The Labute approximate surface area is 156 Å². The number of benzene rings is 1. The third kappa shape index (κ3) is 5.14. The number of rotatable bonds is 8. The summed E-state index contributed by atoms with van der Waals surface area (Å²) < 4.78 is 5.19. The van der Waals surface area contributed by atoms with Crippen LogP contribution in [0.1, 0.15) is 69.3 Å². The van der Waals surface area contributed by atoms with Gasteiger partial charge in [0.1, 0.15) is 0 Å². The summed E-state index contributed by atoms with van der Waals surface area (Å²) in [5.74, 6) is 1.85. The normalized spacial score (nSPS) is 11.6. The fraction of sp³-hybridized carbons (Fsp3) is 0.550. The lowest BCUT2D eigenvalue weighted by atomic mass is 9.92. The van der Waals surface area contributed by atoms with Gasteiger partial charge in [-0.2, -0.15) is 4.98 Å². The molecule has 142 valence electrons. The molecule has 0 fully saturated rings. The van der Waals surface area contributed by atoms with Crippen LogP contribution in [0.4, 0.5) is 5.69 Å². The number of anilines is 1. The predicted molar refractivity (Wildman–Crippen MR) is 103 cm³/mol. The number of carbonyl (C=O) groups excluding carboxylic acids is 1. The zero-order valence-electron chi connectivity index (χ0n) is 16.7. The molecule has 0 saturated carbocycles. The predicted octanol–water partition coefficient (Wildman–Crippen LogP) is 3.95. The van der Waals surface area contributed by atoms with Crippen LogP contribution < -0.4 is 5.32 Å². The molecule has 1 aromatic heterocycles. The van der Waals surface area contributed by atoms with Crippen LogP contribution in [0.3, 0.4) is 0 Å². The van der Waals surface area contributed by atoms with E-state index in [1.807, 2.05) is 18.9 Å². The highest BCUT2D eigenvalue weighted by atomic mass is 16.5. The highest BCUT2D eigenvalue weighted by Gasteiger charge is 2.17. The average molecular weight is 358 g/mol. The number of hydrogen-bond donors (Lipinski definition) is 1. The monoisotopic (exact) mass is 358 g/mol. The second kappa shape index (κ2) is 8.94. The average Bonchev–Trinajstić information content (AvgIpc) is 3.01. The minimum absolute atomic E-state index is 0.0438. The minimum atomic E-state index is -0.0438. The molecule has 0 aliphatic carbocycles. The van der Waals surface area contributed by atoms with E-state index in [-0.39, 0.29) is 12.5 Å². The molecule has 1 aromatic carbocycles. The van der Waals surface area contributed by atoms with Crippen LogP contribution in [-0.2, 0) is 17.8 Å². The van der Waals surface area contributed by atoms with Gasteiger partial charge in [-0.25, -0.2) is 0 Å². The molecule has 0 unspecified atom stereocenters. The molecule has 2 rings (SSSR count). The van der Waals surface area contributed by atoms with Crippen LogP contribution in [0.5, 0.6) is 0 Å². The molecule has 0 radical (unpaired) electrons. The third-order valence-electron chi connectivity index (χ3n) is 4.28. The van der Waals surface area contributed by atoms with E-state index in [2.05, 4.69) is 61.4 Å². The van der Waals surface area contributed by atoms with Gasteiger partial charge in [0.15, 0.2) is 5.82 Å². The lowest BCUT2D eigenvalue weighted by Gasteiger charge is -2.21. The highest BCUT2D eigenvalue weighted by molar-refractivity contribution is 5.94. The van der Waals surface area contributed by atoms with Crippen molar-refractivity contribution < 1.29 is 9.32 Å². The summed E-state index contributed by atoms with van der Waals surface area (Å²) in [5, 5.41) is 7.01. The van der Waals surface area contributed by atoms with Gasteiger partial charge < -0.3 is 9.84 Å². The summed E-state index contributed by atoms with van der Waals surface area (Å²) in [6.07, 6.45) is 0.734. The molecule has 0 aliphatic heterocycles. The van der Waals surface area contributed by atoms with Gasteiger partial charge in [0.2, 0.25) is 11.8 Å². The van der Waals surface area contributed by atoms with Gasteiger partial charge in [-0.05, 0) is 30.0 Å². The van der Waals surface area contributed by atoms with Crippen LogP contribution in [0.25, 0.3) is 0 Å². The van der Waals surface area contributed by atoms with Gasteiger partial charge in [-0.1, -0.05) is 58.0 Å². The molecule has 0 spiro atoms. The largest absolute Gasteiger partial charge is 0.338 e. The first-order chi connectivity index (χ1) is 12.3. The molecule has 1 heterocycles. The van der Waals surface area contributed by atoms with Crippen molar-refractivity contribution in [3.05, 3.63) is 41.0 Å². The lowest BCUT2D eigenvalue weighted by Crippen LogP contribution is -2.30. The van der Waals surface area contributed by atoms with Gasteiger partial charge in [-0.3, -0.25) is 9.69 Å². The first-order valence-corrected chi connectivity index (χ1v) is 9.24. The Bertz CT molecular complexity index is 711. The summed E-state index contributed by atoms with van der Waals surface area (Å²) >= 11 is 0. The molecule has 2 aromatic rings. The lowest BCUT2D eigenvalue weighted by molar-refractivity contribution is -0.117. The number of aryl methyl sites for hydroxylation is 1. The highest BCUT2D eigenvalue weighted by Crippen LogP contribution is 2.32. The summed E-state index contributed by atoms with van der Waals surface area (Å²) in [6, 6.07) is 6.23. The van der Waals surface area contributed by atoms with Gasteiger partial charge >= 0.3 is 0 Å². The fourth-order valence-corrected chi connectivity index (χ4v) is 2.90. The fourth-order valence-electron chi connectivity index (χ4n) is 2.90. The zero-order chi connectivity index (χ0) is 19.3. The van der Waals surface area contributed by atoms with Crippen molar-refractivity contribution in [1.29, 1.82) is 0 Å². The van der Waals surface area contributed by atoms with Crippen molar-refractivity contribution in [2.75, 3.05) is 18.9 Å². The van der Waals surface area contributed by atoms with Gasteiger partial charge in [0.25, 0.3) is 0 Å².